The number of anilines is 3. The van der Waals surface area contributed by atoms with Crippen LogP contribution in [-0.4, -0.2) is 36.8 Å². The van der Waals surface area contributed by atoms with Gasteiger partial charge in [-0.2, -0.15) is 0 Å². The van der Waals surface area contributed by atoms with Gasteiger partial charge in [-0.3, -0.25) is 14.4 Å². The molecule has 8 heteroatoms. The van der Waals surface area contributed by atoms with Crippen molar-refractivity contribution in [2.45, 2.75) is 19.8 Å². The maximum Gasteiger partial charge on any atom is 0.340 e. The molecule has 0 atom stereocenters. The molecule has 3 rings (SSSR count). The Kier molecular flexibility index (Phi) is 6.23. The van der Waals surface area contributed by atoms with Crippen LogP contribution in [0, 0.1) is 0 Å². The Morgan fingerprint density at radius 3 is 2.28 bits per heavy atom. The van der Waals surface area contributed by atoms with Gasteiger partial charge in [0, 0.05) is 31.3 Å². The Hall–Kier alpha value is -3.68. The summed E-state index contributed by atoms with van der Waals surface area (Å²) < 4.78 is 5.13. The molecule has 0 radical (unpaired) electrons. The monoisotopic (exact) mass is 395 g/mol. The lowest BCUT2D eigenvalue weighted by Gasteiger charge is -2.18. The number of benzene rings is 2. The molecule has 0 spiro atoms. The van der Waals surface area contributed by atoms with Crippen LogP contribution in [0.3, 0.4) is 0 Å². The third kappa shape index (κ3) is 5.19. The highest BCUT2D eigenvalue weighted by Gasteiger charge is 2.26. The molecule has 2 aromatic rings. The van der Waals surface area contributed by atoms with Crippen LogP contribution in [0.25, 0.3) is 0 Å². The standard InChI is InChI=1S/C21H21N3O5/c1-14(25)22-15-8-10-16(11-9-15)23-19(26)13-29-21(28)17-5-2-3-6-18(17)24-12-4-7-20(24)27/h2-3,5-6,8-11H,4,7,12-13H2,1H3,(H,22,25)(H,23,26). The van der Waals surface area contributed by atoms with Crippen LogP contribution < -0.4 is 15.5 Å². The van der Waals surface area contributed by atoms with Gasteiger partial charge in [-0.05, 0) is 42.8 Å². The van der Waals surface area contributed by atoms with Crippen LogP contribution in [0.1, 0.15) is 30.1 Å². The lowest BCUT2D eigenvalue weighted by atomic mass is 10.1. The summed E-state index contributed by atoms with van der Waals surface area (Å²) in [6.45, 7) is 1.49. The number of esters is 1. The van der Waals surface area contributed by atoms with Gasteiger partial charge in [0.1, 0.15) is 0 Å². The van der Waals surface area contributed by atoms with Gasteiger partial charge in [0.15, 0.2) is 6.61 Å². The molecular weight excluding hydrogens is 374 g/mol. The molecule has 2 N–H and O–H groups in total. The Bertz CT molecular complexity index is 940. The van der Waals surface area contributed by atoms with Crippen molar-refractivity contribution in [1.82, 2.24) is 0 Å². The third-order valence-corrected chi connectivity index (χ3v) is 4.31. The predicted octanol–water partition coefficient (Wildman–Crippen LogP) is 2.57. The van der Waals surface area contributed by atoms with Gasteiger partial charge in [0.05, 0.1) is 11.3 Å². The maximum absolute atomic E-state index is 12.5. The molecule has 0 saturated carbocycles. The van der Waals surface area contributed by atoms with Crippen molar-refractivity contribution >= 4 is 40.8 Å². The summed E-state index contributed by atoms with van der Waals surface area (Å²) in [5.41, 5.74) is 1.85. The Morgan fingerprint density at radius 1 is 1.00 bits per heavy atom. The van der Waals surface area contributed by atoms with E-state index in [1.54, 1.807) is 53.4 Å². The van der Waals surface area contributed by atoms with Crippen molar-refractivity contribution in [3.63, 3.8) is 0 Å². The molecule has 0 aliphatic carbocycles. The van der Waals surface area contributed by atoms with Crippen LogP contribution in [0.5, 0.6) is 0 Å². The van der Waals surface area contributed by atoms with Gasteiger partial charge in [0.2, 0.25) is 11.8 Å². The summed E-state index contributed by atoms with van der Waals surface area (Å²) in [4.78, 5) is 49.1. The van der Waals surface area contributed by atoms with E-state index in [9.17, 15) is 19.2 Å². The number of amides is 3. The summed E-state index contributed by atoms with van der Waals surface area (Å²) in [6, 6.07) is 13.2. The predicted molar refractivity (Wildman–Crippen MR) is 108 cm³/mol. The highest BCUT2D eigenvalue weighted by atomic mass is 16.5. The van der Waals surface area contributed by atoms with Crippen LogP contribution in [0.2, 0.25) is 0 Å². The first-order valence-corrected chi connectivity index (χ1v) is 9.18. The second-order valence-corrected chi connectivity index (χ2v) is 6.55. The average Bonchev–Trinajstić information content (AvgIpc) is 3.13. The van der Waals surface area contributed by atoms with Gasteiger partial charge in [-0.1, -0.05) is 12.1 Å². The summed E-state index contributed by atoms with van der Waals surface area (Å²) in [6.07, 6.45) is 1.19. The topological polar surface area (TPSA) is 105 Å². The lowest BCUT2D eigenvalue weighted by Crippen LogP contribution is -2.27. The summed E-state index contributed by atoms with van der Waals surface area (Å²) >= 11 is 0. The van der Waals surface area contributed by atoms with Crippen LogP contribution in [0.15, 0.2) is 48.5 Å². The fraction of sp³-hybridized carbons (Fsp3) is 0.238. The molecular formula is C21H21N3O5. The van der Waals surface area contributed by atoms with Crippen molar-refractivity contribution in [1.29, 1.82) is 0 Å². The smallest absolute Gasteiger partial charge is 0.340 e. The van der Waals surface area contributed by atoms with Crippen molar-refractivity contribution < 1.29 is 23.9 Å². The molecule has 1 fully saturated rings. The average molecular weight is 395 g/mol. The number of rotatable bonds is 6. The Labute approximate surface area is 167 Å². The minimum atomic E-state index is -0.670. The van der Waals surface area contributed by atoms with Gasteiger partial charge in [0.25, 0.3) is 5.91 Å². The molecule has 150 valence electrons. The number of nitrogens with zero attached hydrogens (tertiary/aromatic N) is 1. The molecule has 0 bridgehead atoms. The summed E-state index contributed by atoms with van der Waals surface area (Å²) in [7, 11) is 0. The van der Waals surface area contributed by atoms with Gasteiger partial charge in [-0.25, -0.2) is 4.79 Å². The molecule has 1 saturated heterocycles. The first-order valence-electron chi connectivity index (χ1n) is 9.18. The van der Waals surface area contributed by atoms with Gasteiger partial charge in [-0.15, -0.1) is 0 Å². The number of para-hydroxylation sites is 1. The van der Waals surface area contributed by atoms with E-state index in [1.165, 1.54) is 6.92 Å². The lowest BCUT2D eigenvalue weighted by molar-refractivity contribution is -0.119. The Morgan fingerprint density at radius 2 is 1.66 bits per heavy atom. The van der Waals surface area contributed by atoms with E-state index < -0.39 is 18.5 Å². The third-order valence-electron chi connectivity index (χ3n) is 4.31. The molecule has 1 heterocycles. The van der Waals surface area contributed by atoms with Crippen molar-refractivity contribution in [2.24, 2.45) is 0 Å². The minimum absolute atomic E-state index is 0.0364. The fourth-order valence-electron chi connectivity index (χ4n) is 3.03. The molecule has 2 aromatic carbocycles. The fourth-order valence-corrected chi connectivity index (χ4v) is 3.03. The molecule has 1 aliphatic heterocycles. The van der Waals surface area contributed by atoms with Crippen LogP contribution in [-0.2, 0) is 19.1 Å². The van der Waals surface area contributed by atoms with E-state index in [4.69, 9.17) is 4.74 Å². The van der Waals surface area contributed by atoms with E-state index in [-0.39, 0.29) is 17.4 Å². The largest absolute Gasteiger partial charge is 0.452 e. The Balaban J connectivity index is 1.57. The zero-order valence-corrected chi connectivity index (χ0v) is 15.9. The molecule has 29 heavy (non-hydrogen) atoms. The molecule has 0 aromatic heterocycles. The van der Waals surface area contributed by atoms with Crippen molar-refractivity contribution in [3.05, 3.63) is 54.1 Å². The maximum atomic E-state index is 12.5. The number of hydrogen-bond donors (Lipinski definition) is 2. The number of ether oxygens (including phenoxy) is 1. The van der Waals surface area contributed by atoms with Crippen molar-refractivity contribution in [3.8, 4) is 0 Å². The molecule has 8 nitrogen and oxygen atoms in total. The number of hydrogen-bond acceptors (Lipinski definition) is 5. The van der Waals surface area contributed by atoms with Gasteiger partial charge >= 0.3 is 5.97 Å². The van der Waals surface area contributed by atoms with Crippen molar-refractivity contribution in [2.75, 3.05) is 28.7 Å². The van der Waals surface area contributed by atoms with E-state index in [0.29, 0.717) is 30.0 Å². The van der Waals surface area contributed by atoms with Crippen LogP contribution >= 0.6 is 0 Å². The zero-order chi connectivity index (χ0) is 20.8. The number of carbonyl (C=O) groups is 4. The van der Waals surface area contributed by atoms with E-state index >= 15 is 0 Å². The molecule has 1 aliphatic rings. The normalized spacial score (nSPS) is 13.1. The first-order chi connectivity index (χ1) is 13.9. The highest BCUT2D eigenvalue weighted by molar-refractivity contribution is 6.04. The zero-order valence-electron chi connectivity index (χ0n) is 15.9. The second-order valence-electron chi connectivity index (χ2n) is 6.55. The summed E-state index contributed by atoms with van der Waals surface area (Å²) in [5, 5.41) is 5.24. The van der Waals surface area contributed by atoms with E-state index in [1.807, 2.05) is 0 Å². The number of nitrogens with one attached hydrogen (secondary N) is 2. The molecule has 3 amide bonds. The quantitative estimate of drug-likeness (QED) is 0.732. The highest BCUT2D eigenvalue weighted by Crippen LogP contribution is 2.26. The summed E-state index contributed by atoms with van der Waals surface area (Å²) in [5.74, 6) is -1.40. The van der Waals surface area contributed by atoms with E-state index in [2.05, 4.69) is 10.6 Å². The van der Waals surface area contributed by atoms with E-state index in [0.717, 1.165) is 6.42 Å². The van der Waals surface area contributed by atoms with Crippen LogP contribution in [0.4, 0.5) is 17.1 Å². The van der Waals surface area contributed by atoms with Gasteiger partial charge < -0.3 is 20.3 Å². The number of carbonyl (C=O) groups excluding carboxylic acids is 4. The minimum Gasteiger partial charge on any atom is -0.452 e. The molecule has 0 unspecified atom stereocenters. The SMILES string of the molecule is CC(=O)Nc1ccc(NC(=O)COC(=O)c2ccccc2N2CCCC2=O)cc1. The first kappa shape index (κ1) is 20.1. The second kappa shape index (κ2) is 9.01.